The van der Waals surface area contributed by atoms with Crippen LogP contribution in [0.5, 0.6) is 0 Å². The monoisotopic (exact) mass is 1540 g/mol. The lowest BCUT2D eigenvalue weighted by Crippen LogP contribution is -2.36. The summed E-state index contributed by atoms with van der Waals surface area (Å²) in [5, 5.41) is 46.5. The van der Waals surface area contributed by atoms with Crippen LogP contribution in [0.1, 0.15) is 160 Å². The molecule has 6 aromatic rings. The van der Waals surface area contributed by atoms with E-state index in [0.29, 0.717) is 231 Å². The Morgan fingerprint density at radius 2 is 0.709 bits per heavy atom. The van der Waals surface area contributed by atoms with E-state index in [1.54, 1.807) is 72.8 Å². The number of unbranched alkanes of at least 4 members (excludes halogenated alkanes) is 6. The highest BCUT2D eigenvalue weighted by atomic mass is 32.1. The number of rotatable bonds is 29. The van der Waals surface area contributed by atoms with Crippen molar-refractivity contribution < 1.29 is 87.1 Å². The van der Waals surface area contributed by atoms with Crippen LogP contribution in [0.4, 0.5) is 0 Å². The van der Waals surface area contributed by atoms with Crippen LogP contribution in [0, 0.1) is 0 Å². The van der Waals surface area contributed by atoms with Gasteiger partial charge in [-0.2, -0.15) is 0 Å². The summed E-state index contributed by atoms with van der Waals surface area (Å²) in [6, 6.07) is 33.5. The number of hydrogen-bond donors (Lipinski definition) is 7. The van der Waals surface area contributed by atoms with Gasteiger partial charge >= 0.3 is 23.9 Å². The van der Waals surface area contributed by atoms with Gasteiger partial charge in [0.1, 0.15) is 22.8 Å². The SMILES string of the molecule is NCCCCCCNC(=O)c1ccc(C(c2cccc(C(=O)O)n2)N2CCOCCOCCN(Cc3cccc(C(=O)O)n3)CCOCCOCC2)cc1.O=C(NCCCCCCN=C=S)c1ccc(C(c2cccc(C(=O)O)n2)N2CCOCCOCCN(Cc3cccc(C(=O)O)n3)CCOCCOCC2)cc1. The number of carbonyl (C=O) groups is 6. The Labute approximate surface area is 648 Å². The van der Waals surface area contributed by atoms with E-state index in [1.165, 1.54) is 24.3 Å². The van der Waals surface area contributed by atoms with Crippen molar-refractivity contribution in [2.24, 2.45) is 10.7 Å². The van der Waals surface area contributed by atoms with Gasteiger partial charge in [0, 0.05) is 96.2 Å². The summed E-state index contributed by atoms with van der Waals surface area (Å²) in [5.41, 5.74) is 10.6. The van der Waals surface area contributed by atoms with Gasteiger partial charge in [-0.25, -0.2) is 44.1 Å². The molecule has 2 aliphatic heterocycles. The first-order valence-corrected chi connectivity index (χ1v) is 38.0. The fourth-order valence-electron chi connectivity index (χ4n) is 12.1. The second-order valence-electron chi connectivity index (χ2n) is 25.8. The van der Waals surface area contributed by atoms with Crippen molar-refractivity contribution in [1.82, 2.24) is 50.2 Å². The molecule has 30 nitrogen and oxygen atoms in total. The largest absolute Gasteiger partial charge is 0.477 e. The highest BCUT2D eigenvalue weighted by Gasteiger charge is 2.28. The van der Waals surface area contributed by atoms with Gasteiger partial charge in [-0.05, 0) is 128 Å². The molecule has 0 aliphatic carbocycles. The Morgan fingerprint density at radius 1 is 0.400 bits per heavy atom. The molecule has 2 aliphatic rings. The summed E-state index contributed by atoms with van der Waals surface area (Å²) >= 11 is 4.59. The van der Waals surface area contributed by atoms with E-state index in [0.717, 1.165) is 62.5 Å². The molecule has 0 saturated carbocycles. The maximum Gasteiger partial charge on any atom is 0.354 e. The van der Waals surface area contributed by atoms with Gasteiger partial charge in [-0.1, -0.05) is 74.2 Å². The average molecular weight is 1540 g/mol. The molecule has 8 N–H and O–H groups in total. The topological polar surface area (TPSA) is 384 Å². The lowest BCUT2D eigenvalue weighted by Gasteiger charge is -2.32. The number of benzene rings is 2. The number of carboxylic acid groups (broad SMARTS) is 4. The number of carboxylic acids is 4. The quantitative estimate of drug-likeness (QED) is 0.0137. The van der Waals surface area contributed by atoms with E-state index < -0.39 is 36.0 Å². The number of nitrogens with two attached hydrogens (primary N) is 1. The zero-order valence-electron chi connectivity index (χ0n) is 62.6. The number of ether oxygens (including phenoxy) is 8. The lowest BCUT2D eigenvalue weighted by atomic mass is 9.99. The van der Waals surface area contributed by atoms with Crippen molar-refractivity contribution in [2.45, 2.75) is 76.5 Å². The first kappa shape index (κ1) is 88.4. The minimum Gasteiger partial charge on any atom is -0.477 e. The molecule has 0 radical (unpaired) electrons. The van der Waals surface area contributed by atoms with Crippen LogP contribution in [-0.2, 0) is 51.0 Å². The second-order valence-corrected chi connectivity index (χ2v) is 26.0. The summed E-state index contributed by atoms with van der Waals surface area (Å²) in [4.78, 5) is 102. The van der Waals surface area contributed by atoms with E-state index in [1.807, 2.05) is 24.3 Å². The summed E-state index contributed by atoms with van der Waals surface area (Å²) < 4.78 is 47.5. The third kappa shape index (κ3) is 33.4. The number of hydrogen-bond acceptors (Lipinski definition) is 25. The number of carbonyl (C=O) groups excluding carboxylic acids is 2. The molecule has 110 heavy (non-hydrogen) atoms. The Bertz CT molecular complexity index is 3730. The van der Waals surface area contributed by atoms with Gasteiger partial charge in [0.15, 0.2) is 0 Å². The first-order valence-electron chi connectivity index (χ1n) is 37.5. The molecule has 2 unspecified atom stereocenters. The second kappa shape index (κ2) is 52.3. The van der Waals surface area contributed by atoms with Gasteiger partial charge in [-0.3, -0.25) is 29.2 Å². The zero-order valence-corrected chi connectivity index (χ0v) is 63.4. The molecule has 0 bridgehead atoms. The Morgan fingerprint density at radius 3 is 1.04 bits per heavy atom. The number of aromatic nitrogens is 4. The molecule has 6 heterocycles. The molecule has 2 saturated heterocycles. The molecule has 8 rings (SSSR count). The molecule has 2 atom stereocenters. The van der Waals surface area contributed by atoms with Crippen molar-refractivity contribution in [3.05, 3.63) is 189 Å². The van der Waals surface area contributed by atoms with Crippen LogP contribution >= 0.6 is 12.2 Å². The van der Waals surface area contributed by atoms with E-state index >= 15 is 0 Å². The first-order chi connectivity index (χ1) is 53.7. The maximum absolute atomic E-state index is 13.0. The molecule has 2 aromatic carbocycles. The number of amides is 2. The van der Waals surface area contributed by atoms with Crippen molar-refractivity contribution in [3.63, 3.8) is 0 Å². The number of aromatic carboxylic acids is 4. The van der Waals surface area contributed by atoms with Crippen LogP contribution in [0.25, 0.3) is 0 Å². The number of isothiocyanates is 1. The van der Waals surface area contributed by atoms with Crippen LogP contribution in [0.3, 0.4) is 0 Å². The molecule has 2 amide bonds. The van der Waals surface area contributed by atoms with E-state index in [9.17, 15) is 49.2 Å². The third-order valence-electron chi connectivity index (χ3n) is 17.8. The number of nitrogens with one attached hydrogen (secondary N) is 2. The highest BCUT2D eigenvalue weighted by Crippen LogP contribution is 2.30. The fourth-order valence-corrected chi connectivity index (χ4v) is 12.2. The third-order valence-corrected chi connectivity index (χ3v) is 17.9. The van der Waals surface area contributed by atoms with Crippen molar-refractivity contribution in [2.75, 3.05) is 184 Å². The zero-order chi connectivity index (χ0) is 78.2. The molecule has 0 spiro atoms. The molecule has 31 heteroatoms. The Kier molecular flexibility index (Phi) is 42.0. The van der Waals surface area contributed by atoms with Gasteiger partial charge in [0.25, 0.3) is 11.8 Å². The van der Waals surface area contributed by atoms with Crippen LogP contribution < -0.4 is 16.4 Å². The van der Waals surface area contributed by atoms with Crippen LogP contribution in [0.2, 0.25) is 0 Å². The fraction of sp³-hybridized carbons (Fsp3) is 0.506. The molecule has 596 valence electrons. The lowest BCUT2D eigenvalue weighted by molar-refractivity contribution is 0.00331. The van der Waals surface area contributed by atoms with Gasteiger partial charge < -0.3 is 74.7 Å². The van der Waals surface area contributed by atoms with Crippen molar-refractivity contribution in [3.8, 4) is 0 Å². The summed E-state index contributed by atoms with van der Waals surface area (Å²) in [5.74, 6) is -4.70. The minimum atomic E-state index is -1.13. The summed E-state index contributed by atoms with van der Waals surface area (Å²) in [7, 11) is 0. The van der Waals surface area contributed by atoms with E-state index in [2.05, 4.69) is 72.5 Å². The number of nitrogens with zero attached hydrogens (tertiary/aromatic N) is 9. The number of thiocarbonyl (C=S) groups is 1. The molecule has 4 aromatic heterocycles. The average Bonchev–Trinajstić information content (AvgIpc) is 0.810. The van der Waals surface area contributed by atoms with Gasteiger partial charge in [-0.15, -0.1) is 0 Å². The van der Waals surface area contributed by atoms with Crippen molar-refractivity contribution >= 4 is 53.1 Å². The van der Waals surface area contributed by atoms with E-state index in [4.69, 9.17) is 43.6 Å². The van der Waals surface area contributed by atoms with Crippen molar-refractivity contribution in [1.29, 1.82) is 0 Å². The number of pyridine rings is 4. The summed E-state index contributed by atoms with van der Waals surface area (Å²) in [6.07, 6.45) is 7.70. The normalized spacial score (nSPS) is 16.6. The predicted molar refractivity (Wildman–Crippen MR) is 412 cm³/mol. The van der Waals surface area contributed by atoms with Crippen LogP contribution in [0.15, 0.2) is 126 Å². The van der Waals surface area contributed by atoms with E-state index in [-0.39, 0.29) is 34.6 Å². The molecule has 2 fully saturated rings. The van der Waals surface area contributed by atoms with Gasteiger partial charge in [0.05, 0.1) is 146 Å². The minimum absolute atomic E-state index is 0.00167. The van der Waals surface area contributed by atoms with Gasteiger partial charge in [0.2, 0.25) is 0 Å². The Hall–Kier alpha value is -8.86. The Balaban J connectivity index is 0.000000306. The molecular weight excluding hydrogens is 1440 g/mol. The standard InChI is InChI=1S/C40H52N6O9S.C39H54N6O9/c47-38(42-16-4-2-1-3-15-41-30-56)32-13-11-31(12-14-32)37(34-8-6-10-36(44-34)40(50)51)46-19-23-54-27-25-52-21-17-45(18-22-53-26-28-55-24-20-46)29-33-7-5-9-35(43-33)39(48)49;40-15-3-1-2-4-16-41-37(46)31-13-11-30(12-14-31)36(33-8-6-10-35(43-33)39(49)50)45-19-23-53-27-25-51-21-17-44(18-22-52-26-28-54-24-20-45)29-32-7-5-9-34(42-32)38(47)48/h5-14,37H,1-4,15-29H2,(H,42,47)(H,48,49)(H,50,51);5-14,36H,1-4,15-29,40H2,(H,41,46)(H,47,48)(H,49,50). The maximum atomic E-state index is 13.0. The summed E-state index contributed by atoms with van der Waals surface area (Å²) in [6.45, 7) is 13.8. The highest BCUT2D eigenvalue weighted by molar-refractivity contribution is 7.78. The predicted octanol–water partition coefficient (Wildman–Crippen LogP) is 7.34. The van der Waals surface area contributed by atoms with Crippen LogP contribution in [-0.4, -0.2) is 285 Å². The number of aliphatic imine (C=N–C) groups is 1. The smallest absolute Gasteiger partial charge is 0.354 e. The molecular formula is C79H106N12O18S.